The number of nitrogens with zero attached hydrogens (tertiary/aromatic N) is 2. The molecule has 2 atom stereocenters. The van der Waals surface area contributed by atoms with Crippen LogP contribution in [0.1, 0.15) is 55.4 Å². The van der Waals surface area contributed by atoms with Crippen molar-refractivity contribution in [2.45, 2.75) is 63.6 Å². The van der Waals surface area contributed by atoms with Crippen LogP contribution in [-0.4, -0.2) is 24.5 Å². The summed E-state index contributed by atoms with van der Waals surface area (Å²) in [6, 6.07) is 16.7. The van der Waals surface area contributed by atoms with Gasteiger partial charge >= 0.3 is 6.18 Å². The van der Waals surface area contributed by atoms with Crippen LogP contribution in [0.25, 0.3) is 0 Å². The number of nitriles is 1. The maximum Gasteiger partial charge on any atom is 0.416 e. The van der Waals surface area contributed by atoms with E-state index >= 15 is 0 Å². The lowest BCUT2D eigenvalue weighted by Gasteiger charge is -2.35. The summed E-state index contributed by atoms with van der Waals surface area (Å²) in [6.07, 6.45) is 0.0879. The molecule has 0 bridgehead atoms. The summed E-state index contributed by atoms with van der Waals surface area (Å²) in [4.78, 5) is 2.35. The predicted molar refractivity (Wildman–Crippen MR) is 118 cm³/mol. The normalized spacial score (nSPS) is 18.5. The number of likely N-dealkylation sites (N-methyl/N-ethyl adjacent to an activating group) is 1. The van der Waals surface area contributed by atoms with Gasteiger partial charge < -0.3 is 4.90 Å². The second-order valence-electron chi connectivity index (χ2n) is 9.07. The van der Waals surface area contributed by atoms with Gasteiger partial charge in [-0.15, -0.1) is 0 Å². The van der Waals surface area contributed by atoms with Gasteiger partial charge in [-0.25, -0.2) is 0 Å². The van der Waals surface area contributed by atoms with E-state index in [9.17, 15) is 18.4 Å². The lowest BCUT2D eigenvalue weighted by atomic mass is 9.69. The second-order valence-corrected chi connectivity index (χ2v) is 9.07. The van der Waals surface area contributed by atoms with Gasteiger partial charge in [0.25, 0.3) is 0 Å². The Kier molecular flexibility index (Phi) is 7.11. The van der Waals surface area contributed by atoms with Crippen molar-refractivity contribution in [3.05, 3.63) is 70.8 Å². The molecule has 2 unspecified atom stereocenters. The van der Waals surface area contributed by atoms with E-state index in [-0.39, 0.29) is 5.92 Å². The molecule has 0 N–H and O–H groups in total. The SMILES string of the molecule is CC(C)C(C#N)(CCCN(C)C1CCc2ccccc2C1)c1cccc(C(F)(F)F)c1. The summed E-state index contributed by atoms with van der Waals surface area (Å²) in [5.41, 5.74) is 1.68. The summed E-state index contributed by atoms with van der Waals surface area (Å²) in [7, 11) is 2.12. The fourth-order valence-corrected chi connectivity index (χ4v) is 4.83. The van der Waals surface area contributed by atoms with Gasteiger partial charge in [-0.05, 0) is 74.4 Å². The van der Waals surface area contributed by atoms with Gasteiger partial charge in [0.1, 0.15) is 0 Å². The van der Waals surface area contributed by atoms with Crippen LogP contribution in [0.4, 0.5) is 13.2 Å². The third-order valence-electron chi connectivity index (χ3n) is 6.92. The lowest BCUT2D eigenvalue weighted by molar-refractivity contribution is -0.137. The molecular weight excluding hydrogens is 397 g/mol. The summed E-state index contributed by atoms with van der Waals surface area (Å²) >= 11 is 0. The first-order valence-electron chi connectivity index (χ1n) is 11.0. The van der Waals surface area contributed by atoms with Crippen LogP contribution < -0.4 is 0 Å². The average Bonchev–Trinajstić information content (AvgIpc) is 2.75. The molecule has 3 rings (SSSR count). The fraction of sp³-hybridized carbons (Fsp3) is 0.500. The van der Waals surface area contributed by atoms with Gasteiger partial charge in [-0.2, -0.15) is 18.4 Å². The van der Waals surface area contributed by atoms with Gasteiger partial charge in [0.2, 0.25) is 0 Å². The Morgan fingerprint density at radius 1 is 1.06 bits per heavy atom. The van der Waals surface area contributed by atoms with E-state index in [0.717, 1.165) is 44.4 Å². The highest BCUT2D eigenvalue weighted by molar-refractivity contribution is 5.37. The van der Waals surface area contributed by atoms with E-state index in [1.165, 1.54) is 17.2 Å². The predicted octanol–water partition coefficient (Wildman–Crippen LogP) is 6.39. The van der Waals surface area contributed by atoms with Crippen LogP contribution in [-0.2, 0) is 24.4 Å². The van der Waals surface area contributed by atoms with Crippen molar-refractivity contribution < 1.29 is 13.2 Å². The minimum Gasteiger partial charge on any atom is -0.303 e. The van der Waals surface area contributed by atoms with Gasteiger partial charge in [-0.1, -0.05) is 56.3 Å². The highest BCUT2D eigenvalue weighted by atomic mass is 19.4. The van der Waals surface area contributed by atoms with Crippen molar-refractivity contribution in [2.24, 2.45) is 5.92 Å². The van der Waals surface area contributed by atoms with E-state index in [0.29, 0.717) is 18.0 Å². The highest BCUT2D eigenvalue weighted by Crippen LogP contribution is 2.39. The van der Waals surface area contributed by atoms with Crippen LogP contribution in [0.5, 0.6) is 0 Å². The first kappa shape index (κ1) is 23.3. The van der Waals surface area contributed by atoms with E-state index < -0.39 is 17.2 Å². The molecule has 0 spiro atoms. The lowest BCUT2D eigenvalue weighted by Crippen LogP contribution is -2.38. The summed E-state index contributed by atoms with van der Waals surface area (Å²) in [5, 5.41) is 10.1. The zero-order valence-electron chi connectivity index (χ0n) is 18.5. The molecule has 0 fully saturated rings. The van der Waals surface area contributed by atoms with Crippen molar-refractivity contribution in [1.29, 1.82) is 5.26 Å². The molecule has 0 saturated carbocycles. The van der Waals surface area contributed by atoms with Crippen molar-refractivity contribution in [3.8, 4) is 6.07 Å². The minimum absolute atomic E-state index is 0.0900. The average molecular weight is 429 g/mol. The number of fused-ring (bicyclic) bond motifs is 1. The summed E-state index contributed by atoms with van der Waals surface area (Å²) < 4.78 is 39.7. The Morgan fingerprint density at radius 3 is 2.39 bits per heavy atom. The first-order chi connectivity index (χ1) is 14.7. The van der Waals surface area contributed by atoms with Crippen LogP contribution in [0.2, 0.25) is 0 Å². The summed E-state index contributed by atoms with van der Waals surface area (Å²) in [6.45, 7) is 4.67. The maximum atomic E-state index is 13.2. The van der Waals surface area contributed by atoms with Crippen LogP contribution in [0.15, 0.2) is 48.5 Å². The number of benzene rings is 2. The highest BCUT2D eigenvalue weighted by Gasteiger charge is 2.38. The molecule has 2 nitrogen and oxygen atoms in total. The van der Waals surface area contributed by atoms with Crippen LogP contribution in [0, 0.1) is 17.2 Å². The third-order valence-corrected chi connectivity index (χ3v) is 6.92. The first-order valence-corrected chi connectivity index (χ1v) is 11.0. The Bertz CT molecular complexity index is 929. The largest absolute Gasteiger partial charge is 0.416 e. The number of rotatable bonds is 7. The zero-order valence-corrected chi connectivity index (χ0v) is 18.5. The third kappa shape index (κ3) is 5.13. The van der Waals surface area contributed by atoms with Crippen molar-refractivity contribution in [2.75, 3.05) is 13.6 Å². The topological polar surface area (TPSA) is 27.0 Å². The quantitative estimate of drug-likeness (QED) is 0.511. The summed E-state index contributed by atoms with van der Waals surface area (Å²) in [5.74, 6) is -0.0900. The fourth-order valence-electron chi connectivity index (χ4n) is 4.83. The second kappa shape index (κ2) is 9.44. The smallest absolute Gasteiger partial charge is 0.303 e. The minimum atomic E-state index is -4.41. The molecule has 0 radical (unpaired) electrons. The van der Waals surface area contributed by atoms with Crippen molar-refractivity contribution >= 4 is 0 Å². The van der Waals surface area contributed by atoms with Crippen LogP contribution >= 0.6 is 0 Å². The monoisotopic (exact) mass is 428 g/mol. The van der Waals surface area contributed by atoms with E-state index in [4.69, 9.17) is 0 Å². The molecule has 0 aliphatic heterocycles. The number of hydrogen-bond donors (Lipinski definition) is 0. The molecule has 0 amide bonds. The Hall–Kier alpha value is -2.32. The standard InChI is InChI=1S/C26H31F3N2/c1-19(2)25(18-30,22-10-6-11-23(17-22)26(27,28)29)14-7-15-31(3)24-13-12-20-8-4-5-9-21(20)16-24/h4-6,8-11,17,19,24H,7,12-16H2,1-3H3. The molecule has 1 aliphatic rings. The maximum absolute atomic E-state index is 13.2. The zero-order chi connectivity index (χ0) is 22.6. The van der Waals surface area contributed by atoms with E-state index in [2.05, 4.69) is 42.3 Å². The van der Waals surface area contributed by atoms with Crippen LogP contribution in [0.3, 0.4) is 0 Å². The van der Waals surface area contributed by atoms with Gasteiger partial charge in [0, 0.05) is 6.04 Å². The molecule has 5 heteroatoms. The van der Waals surface area contributed by atoms with Gasteiger partial charge in [-0.3, -0.25) is 0 Å². The van der Waals surface area contributed by atoms with E-state index in [1.54, 1.807) is 6.07 Å². The van der Waals surface area contributed by atoms with E-state index in [1.807, 2.05) is 13.8 Å². The molecule has 31 heavy (non-hydrogen) atoms. The Labute approximate surface area is 183 Å². The van der Waals surface area contributed by atoms with Gasteiger partial charge in [0.05, 0.1) is 17.0 Å². The number of halogens is 3. The molecule has 0 heterocycles. The molecule has 2 aromatic carbocycles. The molecule has 0 aromatic heterocycles. The van der Waals surface area contributed by atoms with Gasteiger partial charge in [0.15, 0.2) is 0 Å². The number of aryl methyl sites for hydroxylation is 1. The Morgan fingerprint density at radius 2 is 1.74 bits per heavy atom. The number of hydrogen-bond acceptors (Lipinski definition) is 2. The molecule has 2 aromatic rings. The molecule has 1 aliphatic carbocycles. The van der Waals surface area contributed by atoms with Crippen molar-refractivity contribution in [1.82, 2.24) is 4.90 Å². The molecular formula is C26H31F3N2. The van der Waals surface area contributed by atoms with Crippen molar-refractivity contribution in [3.63, 3.8) is 0 Å². The number of alkyl halides is 3. The Balaban J connectivity index is 1.69. The molecule has 0 saturated heterocycles. The molecule has 166 valence electrons.